The van der Waals surface area contributed by atoms with Gasteiger partial charge in [0, 0.05) is 25.4 Å². The fraction of sp³-hybridized carbons (Fsp3) is 0.304. The van der Waals surface area contributed by atoms with Crippen LogP contribution in [0.1, 0.15) is 39.1 Å². The minimum atomic E-state index is -0.940. The number of carbonyl (C=O) groups excluding carboxylic acids is 4. The van der Waals surface area contributed by atoms with Crippen molar-refractivity contribution in [2.45, 2.75) is 25.3 Å². The van der Waals surface area contributed by atoms with Crippen LogP contribution in [0, 0.1) is 5.92 Å². The largest absolute Gasteiger partial charge is 0.369 e. The minimum Gasteiger partial charge on any atom is -0.369 e. The van der Waals surface area contributed by atoms with Gasteiger partial charge in [0.1, 0.15) is 6.04 Å². The van der Waals surface area contributed by atoms with E-state index in [9.17, 15) is 19.2 Å². The van der Waals surface area contributed by atoms with E-state index in [0.717, 1.165) is 10.5 Å². The summed E-state index contributed by atoms with van der Waals surface area (Å²) in [5.74, 6) is -1.78. The van der Waals surface area contributed by atoms with E-state index < -0.39 is 17.9 Å². The van der Waals surface area contributed by atoms with Gasteiger partial charge in [-0.25, -0.2) is 0 Å². The van der Waals surface area contributed by atoms with Crippen molar-refractivity contribution in [3.63, 3.8) is 0 Å². The van der Waals surface area contributed by atoms with Gasteiger partial charge in [-0.2, -0.15) is 0 Å². The van der Waals surface area contributed by atoms with Crippen LogP contribution in [0.15, 0.2) is 54.6 Å². The van der Waals surface area contributed by atoms with Gasteiger partial charge >= 0.3 is 0 Å². The molecular formula is C23H23N3O4. The van der Waals surface area contributed by atoms with Gasteiger partial charge in [0.2, 0.25) is 11.8 Å². The molecule has 0 aliphatic carbocycles. The normalized spacial score (nSPS) is 17.7. The monoisotopic (exact) mass is 405 g/mol. The lowest BCUT2D eigenvalue weighted by molar-refractivity contribution is -0.138. The average Bonchev–Trinajstić information content (AvgIpc) is 3.03. The summed E-state index contributed by atoms with van der Waals surface area (Å²) < 4.78 is 0. The summed E-state index contributed by atoms with van der Waals surface area (Å²) in [6.45, 7) is 0.752. The van der Waals surface area contributed by atoms with Gasteiger partial charge in [-0.3, -0.25) is 24.1 Å². The van der Waals surface area contributed by atoms with Crippen molar-refractivity contribution >= 4 is 23.6 Å². The van der Waals surface area contributed by atoms with Crippen molar-refractivity contribution in [1.29, 1.82) is 0 Å². The number of nitrogens with zero attached hydrogens (tertiary/aromatic N) is 2. The first-order valence-electron chi connectivity index (χ1n) is 10.1. The van der Waals surface area contributed by atoms with Gasteiger partial charge in [-0.05, 0) is 30.5 Å². The Morgan fingerprint density at radius 2 is 1.43 bits per heavy atom. The van der Waals surface area contributed by atoms with Crippen molar-refractivity contribution in [1.82, 2.24) is 9.80 Å². The number of rotatable bonds is 5. The van der Waals surface area contributed by atoms with Gasteiger partial charge in [0.25, 0.3) is 11.8 Å². The first-order valence-corrected chi connectivity index (χ1v) is 10.1. The first kappa shape index (κ1) is 19.8. The number of piperidine rings is 1. The fourth-order valence-electron chi connectivity index (χ4n) is 4.21. The molecule has 0 spiro atoms. The van der Waals surface area contributed by atoms with Gasteiger partial charge in [-0.1, -0.05) is 42.5 Å². The lowest BCUT2D eigenvalue weighted by Crippen LogP contribution is -2.54. The number of hydrogen-bond donors (Lipinski definition) is 1. The molecule has 0 saturated carbocycles. The Morgan fingerprint density at radius 1 is 0.900 bits per heavy atom. The number of benzene rings is 2. The summed E-state index contributed by atoms with van der Waals surface area (Å²) in [6, 6.07) is 15.0. The van der Waals surface area contributed by atoms with Crippen molar-refractivity contribution in [2.75, 3.05) is 13.1 Å². The van der Waals surface area contributed by atoms with E-state index in [1.807, 2.05) is 30.3 Å². The number of hydrogen-bond acceptors (Lipinski definition) is 4. The smallest absolute Gasteiger partial charge is 0.262 e. The standard InChI is InChI=1S/C23H23N3O4/c24-20(27)16-10-12-25(13-11-16)23(30)19(14-15-6-2-1-3-7-15)26-21(28)17-8-4-5-9-18(17)22(26)29/h1-9,16,19H,10-14H2,(H2,24,27)/t19-/m0/s1. The molecule has 154 valence electrons. The molecule has 1 saturated heterocycles. The molecule has 2 aliphatic rings. The summed E-state index contributed by atoms with van der Waals surface area (Å²) in [6.07, 6.45) is 1.21. The van der Waals surface area contributed by atoms with E-state index in [-0.39, 0.29) is 24.2 Å². The first-order chi connectivity index (χ1) is 14.5. The van der Waals surface area contributed by atoms with E-state index in [1.54, 1.807) is 29.2 Å². The summed E-state index contributed by atoms with van der Waals surface area (Å²) in [4.78, 5) is 53.7. The molecule has 4 amide bonds. The third-order valence-corrected chi connectivity index (χ3v) is 5.90. The zero-order valence-electron chi connectivity index (χ0n) is 16.5. The molecule has 30 heavy (non-hydrogen) atoms. The number of nitrogens with two attached hydrogens (primary N) is 1. The molecule has 0 aromatic heterocycles. The topological polar surface area (TPSA) is 101 Å². The summed E-state index contributed by atoms with van der Waals surface area (Å²) in [5, 5.41) is 0. The van der Waals surface area contributed by atoms with Crippen molar-refractivity contribution in [3.05, 3.63) is 71.3 Å². The molecule has 2 aliphatic heterocycles. The molecule has 0 unspecified atom stereocenters. The number of primary amides is 1. The van der Waals surface area contributed by atoms with Crippen LogP contribution in [0.5, 0.6) is 0 Å². The maximum atomic E-state index is 13.5. The second-order valence-electron chi connectivity index (χ2n) is 7.73. The van der Waals surface area contributed by atoms with Crippen molar-refractivity contribution in [2.24, 2.45) is 11.7 Å². The summed E-state index contributed by atoms with van der Waals surface area (Å²) in [5.41, 5.74) is 6.90. The number of fused-ring (bicyclic) bond motifs is 1. The third kappa shape index (κ3) is 3.58. The maximum absolute atomic E-state index is 13.5. The zero-order chi connectivity index (χ0) is 21.3. The third-order valence-electron chi connectivity index (χ3n) is 5.90. The molecule has 4 rings (SSSR count). The highest BCUT2D eigenvalue weighted by molar-refractivity contribution is 6.22. The van der Waals surface area contributed by atoms with Crippen LogP contribution in [0.4, 0.5) is 0 Å². The highest BCUT2D eigenvalue weighted by Crippen LogP contribution is 2.28. The summed E-state index contributed by atoms with van der Waals surface area (Å²) >= 11 is 0. The van der Waals surface area contributed by atoms with E-state index in [2.05, 4.69) is 0 Å². The predicted octanol–water partition coefficient (Wildman–Crippen LogP) is 1.62. The minimum absolute atomic E-state index is 0.237. The van der Waals surface area contributed by atoms with E-state index in [4.69, 9.17) is 5.73 Å². The SMILES string of the molecule is NC(=O)C1CCN(C(=O)[C@H](Cc2ccccc2)N2C(=O)c3ccccc3C2=O)CC1. The summed E-state index contributed by atoms with van der Waals surface area (Å²) in [7, 11) is 0. The predicted molar refractivity (Wildman–Crippen MR) is 109 cm³/mol. The van der Waals surface area contributed by atoms with Gasteiger partial charge < -0.3 is 10.6 Å². The molecule has 0 bridgehead atoms. The van der Waals surface area contributed by atoms with Crippen LogP contribution in [0.3, 0.4) is 0 Å². The quantitative estimate of drug-likeness (QED) is 0.764. The molecule has 7 heteroatoms. The maximum Gasteiger partial charge on any atom is 0.262 e. The Morgan fingerprint density at radius 3 is 1.97 bits per heavy atom. The number of carbonyl (C=O) groups is 4. The van der Waals surface area contributed by atoms with Crippen LogP contribution in [-0.2, 0) is 16.0 Å². The highest BCUT2D eigenvalue weighted by atomic mass is 16.2. The second kappa shape index (κ2) is 8.10. The Bertz CT molecular complexity index is 962. The molecule has 0 radical (unpaired) electrons. The van der Waals surface area contributed by atoms with Crippen LogP contribution in [-0.4, -0.2) is 52.6 Å². The van der Waals surface area contributed by atoms with Crippen LogP contribution in [0.25, 0.3) is 0 Å². The Balaban J connectivity index is 1.62. The van der Waals surface area contributed by atoms with Crippen LogP contribution >= 0.6 is 0 Å². The molecule has 2 aromatic rings. The van der Waals surface area contributed by atoms with Gasteiger partial charge in [0.15, 0.2) is 0 Å². The number of amides is 4. The molecule has 2 heterocycles. The average molecular weight is 405 g/mol. The molecule has 1 fully saturated rings. The molecule has 7 nitrogen and oxygen atoms in total. The number of imide groups is 1. The van der Waals surface area contributed by atoms with E-state index in [0.29, 0.717) is 37.1 Å². The van der Waals surface area contributed by atoms with Gasteiger partial charge in [0.05, 0.1) is 11.1 Å². The Labute approximate surface area is 174 Å². The van der Waals surface area contributed by atoms with Crippen LogP contribution < -0.4 is 5.73 Å². The highest BCUT2D eigenvalue weighted by Gasteiger charge is 2.44. The Hall–Kier alpha value is -3.48. The molecule has 2 N–H and O–H groups in total. The molecular weight excluding hydrogens is 382 g/mol. The Kier molecular flexibility index (Phi) is 5.35. The van der Waals surface area contributed by atoms with E-state index >= 15 is 0 Å². The second-order valence-corrected chi connectivity index (χ2v) is 7.73. The van der Waals surface area contributed by atoms with Crippen molar-refractivity contribution in [3.8, 4) is 0 Å². The fourth-order valence-corrected chi connectivity index (χ4v) is 4.21. The molecule has 2 aromatic carbocycles. The lowest BCUT2D eigenvalue weighted by Gasteiger charge is -2.35. The number of likely N-dealkylation sites (tertiary alicyclic amines) is 1. The zero-order valence-corrected chi connectivity index (χ0v) is 16.5. The van der Waals surface area contributed by atoms with Gasteiger partial charge in [-0.15, -0.1) is 0 Å². The van der Waals surface area contributed by atoms with E-state index in [1.165, 1.54) is 0 Å². The molecule has 1 atom stereocenters. The van der Waals surface area contributed by atoms with Crippen LogP contribution in [0.2, 0.25) is 0 Å². The lowest BCUT2D eigenvalue weighted by atomic mass is 9.95. The van der Waals surface area contributed by atoms with Crippen molar-refractivity contribution < 1.29 is 19.2 Å².